The molecule has 0 aromatic carbocycles. The van der Waals surface area contributed by atoms with E-state index in [1.807, 2.05) is 18.1 Å². The monoisotopic (exact) mass is 518 g/mol. The van der Waals surface area contributed by atoms with Gasteiger partial charge >= 0.3 is 0 Å². The molecule has 1 amide bonds. The first-order chi connectivity index (χ1) is 13.3. The number of carbonyl (C=O) groups excluding carboxylic acids is 1. The van der Waals surface area contributed by atoms with Gasteiger partial charge in [-0.05, 0) is 18.3 Å². The van der Waals surface area contributed by atoms with Crippen LogP contribution in [0, 0.1) is 11.3 Å². The van der Waals surface area contributed by atoms with Gasteiger partial charge < -0.3 is 19.9 Å². The van der Waals surface area contributed by atoms with E-state index in [0.717, 1.165) is 44.2 Å². The first-order valence-corrected chi connectivity index (χ1v) is 10.2. The van der Waals surface area contributed by atoms with Crippen LogP contribution in [0.3, 0.4) is 0 Å². The van der Waals surface area contributed by atoms with Crippen LogP contribution in [0.1, 0.15) is 33.6 Å². The number of hydrogen-bond donors (Lipinski definition) is 1. The second-order valence-electron chi connectivity index (χ2n) is 8.83. The van der Waals surface area contributed by atoms with Gasteiger partial charge in [-0.25, -0.2) is 0 Å². The van der Waals surface area contributed by atoms with Crippen molar-refractivity contribution < 1.29 is 9.53 Å². The number of anilines is 1. The summed E-state index contributed by atoms with van der Waals surface area (Å²) in [6, 6.07) is 0. The number of amides is 1. The van der Waals surface area contributed by atoms with Crippen molar-refractivity contribution in [3.63, 3.8) is 0 Å². The smallest absolute Gasteiger partial charge is 0.246 e. The van der Waals surface area contributed by atoms with Crippen LogP contribution in [0.25, 0.3) is 0 Å². The summed E-state index contributed by atoms with van der Waals surface area (Å²) in [5, 5.41) is 7.66. The molecule has 1 aromatic heterocycles. The molecule has 2 fully saturated rings. The van der Waals surface area contributed by atoms with Gasteiger partial charge in [-0.3, -0.25) is 14.5 Å². The summed E-state index contributed by atoms with van der Waals surface area (Å²) >= 11 is 0. The molecule has 0 bridgehead atoms. The van der Waals surface area contributed by atoms with E-state index < -0.39 is 0 Å². The van der Waals surface area contributed by atoms with Crippen LogP contribution in [0.15, 0.2) is 17.4 Å². The van der Waals surface area contributed by atoms with Gasteiger partial charge in [-0.1, -0.05) is 20.8 Å². The third kappa shape index (κ3) is 5.84. The molecule has 3 heterocycles. The lowest BCUT2D eigenvalue weighted by Gasteiger charge is -2.41. The lowest BCUT2D eigenvalue weighted by Crippen LogP contribution is -2.56. The molecule has 2 aliphatic rings. The minimum Gasteiger partial charge on any atom is -0.377 e. The maximum Gasteiger partial charge on any atom is 0.246 e. The molecule has 29 heavy (non-hydrogen) atoms. The molecule has 2 aliphatic heterocycles. The van der Waals surface area contributed by atoms with Crippen molar-refractivity contribution in [3.8, 4) is 0 Å². The van der Waals surface area contributed by atoms with Crippen molar-refractivity contribution >= 4 is 41.5 Å². The predicted molar refractivity (Wildman–Crippen MR) is 126 cm³/mol. The van der Waals surface area contributed by atoms with Gasteiger partial charge in [0, 0.05) is 52.5 Å². The van der Waals surface area contributed by atoms with Crippen LogP contribution in [0.2, 0.25) is 0 Å². The highest BCUT2D eigenvalue weighted by molar-refractivity contribution is 14.0. The van der Waals surface area contributed by atoms with E-state index >= 15 is 0 Å². The minimum absolute atomic E-state index is 0. The highest BCUT2D eigenvalue weighted by Crippen LogP contribution is 2.33. The van der Waals surface area contributed by atoms with Crippen LogP contribution in [-0.2, 0) is 16.6 Å². The SMILES string of the molecule is CN=C(NCC1CCCOC1C(C)(C)C)N1CCN(c2cnn(C)c2)C(=O)C1.I. The van der Waals surface area contributed by atoms with Crippen LogP contribution in [-0.4, -0.2) is 72.5 Å². The molecule has 1 N–H and O–H groups in total. The Balaban J connectivity index is 0.00000300. The van der Waals surface area contributed by atoms with Gasteiger partial charge in [-0.15, -0.1) is 24.0 Å². The Morgan fingerprint density at radius 1 is 1.38 bits per heavy atom. The van der Waals surface area contributed by atoms with Gasteiger partial charge in [0.1, 0.15) is 6.54 Å². The number of halogens is 1. The van der Waals surface area contributed by atoms with Crippen LogP contribution in [0.5, 0.6) is 0 Å². The minimum atomic E-state index is 0. The van der Waals surface area contributed by atoms with Gasteiger partial charge in [0.15, 0.2) is 5.96 Å². The number of guanidine groups is 1. The average molecular weight is 518 g/mol. The highest BCUT2D eigenvalue weighted by Gasteiger charge is 2.36. The summed E-state index contributed by atoms with van der Waals surface area (Å²) in [6.07, 6.45) is 6.09. The second-order valence-corrected chi connectivity index (χ2v) is 8.83. The number of aliphatic imine (C=N–C) groups is 1. The third-order valence-corrected chi connectivity index (χ3v) is 5.56. The van der Waals surface area contributed by atoms with Crippen molar-refractivity contribution in [2.45, 2.75) is 39.7 Å². The lowest BCUT2D eigenvalue weighted by atomic mass is 9.78. The molecular formula is C20H35IN6O2. The predicted octanol–water partition coefficient (Wildman–Crippen LogP) is 2.10. The third-order valence-electron chi connectivity index (χ3n) is 5.56. The molecule has 2 atom stereocenters. The van der Waals surface area contributed by atoms with Gasteiger partial charge in [-0.2, -0.15) is 5.10 Å². The zero-order chi connectivity index (χ0) is 20.3. The van der Waals surface area contributed by atoms with Crippen LogP contribution >= 0.6 is 24.0 Å². The van der Waals surface area contributed by atoms with Gasteiger partial charge in [0.2, 0.25) is 5.91 Å². The Morgan fingerprint density at radius 2 is 2.14 bits per heavy atom. The van der Waals surface area contributed by atoms with E-state index in [4.69, 9.17) is 4.74 Å². The largest absolute Gasteiger partial charge is 0.377 e. The average Bonchev–Trinajstić information content (AvgIpc) is 3.08. The lowest BCUT2D eigenvalue weighted by molar-refractivity contribution is -0.120. The first kappa shape index (κ1) is 23.9. The number of hydrogen-bond acceptors (Lipinski definition) is 4. The second kappa shape index (κ2) is 10.1. The van der Waals surface area contributed by atoms with Gasteiger partial charge in [0.25, 0.3) is 0 Å². The topological polar surface area (TPSA) is 75.0 Å². The Morgan fingerprint density at radius 3 is 2.72 bits per heavy atom. The van der Waals surface area contributed by atoms with Crippen LogP contribution in [0.4, 0.5) is 5.69 Å². The molecule has 3 rings (SSSR count). The van der Waals surface area contributed by atoms with Crippen molar-refractivity contribution in [1.82, 2.24) is 20.0 Å². The van der Waals surface area contributed by atoms with E-state index in [1.165, 1.54) is 0 Å². The fourth-order valence-corrected chi connectivity index (χ4v) is 4.24. The number of ether oxygens (including phenoxy) is 1. The molecule has 0 saturated carbocycles. The van der Waals surface area contributed by atoms with E-state index in [9.17, 15) is 4.79 Å². The normalized spacial score (nSPS) is 23.8. The molecule has 0 radical (unpaired) electrons. The quantitative estimate of drug-likeness (QED) is 0.377. The number of rotatable bonds is 3. The molecule has 9 heteroatoms. The van der Waals surface area contributed by atoms with Crippen molar-refractivity contribution in [2.24, 2.45) is 23.4 Å². The van der Waals surface area contributed by atoms with Crippen LogP contribution < -0.4 is 10.2 Å². The molecule has 8 nitrogen and oxygen atoms in total. The van der Waals surface area contributed by atoms with E-state index in [-0.39, 0.29) is 41.4 Å². The molecule has 0 spiro atoms. The summed E-state index contributed by atoms with van der Waals surface area (Å²) < 4.78 is 7.80. The van der Waals surface area contributed by atoms with E-state index in [1.54, 1.807) is 22.8 Å². The number of aryl methyl sites for hydroxylation is 1. The van der Waals surface area contributed by atoms with Crippen molar-refractivity contribution in [3.05, 3.63) is 12.4 Å². The summed E-state index contributed by atoms with van der Waals surface area (Å²) in [5.74, 6) is 1.30. The summed E-state index contributed by atoms with van der Waals surface area (Å²) in [7, 11) is 3.63. The zero-order valence-corrected chi connectivity index (χ0v) is 20.6. The number of nitrogens with zero attached hydrogens (tertiary/aromatic N) is 5. The summed E-state index contributed by atoms with van der Waals surface area (Å²) in [4.78, 5) is 20.9. The Kier molecular flexibility index (Phi) is 8.33. The standard InChI is InChI=1S/C20H34N6O2.HI/c1-20(2,3)18-15(7-6-10-28-18)11-22-19(21-4)25-8-9-26(17(27)14-25)16-12-23-24(5)13-16;/h12-13,15,18H,6-11,14H2,1-5H3,(H,21,22);1H. The van der Waals surface area contributed by atoms with E-state index in [2.05, 4.69) is 36.2 Å². The summed E-state index contributed by atoms with van der Waals surface area (Å²) in [6.45, 7) is 10.1. The number of piperazine rings is 1. The number of nitrogens with one attached hydrogen (secondary N) is 1. The Hall–Kier alpha value is -1.36. The van der Waals surface area contributed by atoms with Crippen molar-refractivity contribution in [2.75, 3.05) is 44.7 Å². The molecule has 2 unspecified atom stereocenters. The highest BCUT2D eigenvalue weighted by atomic mass is 127. The molecule has 0 aliphatic carbocycles. The molecule has 164 valence electrons. The Labute approximate surface area is 191 Å². The fourth-order valence-electron chi connectivity index (χ4n) is 4.24. The molecule has 2 saturated heterocycles. The number of carbonyl (C=O) groups is 1. The maximum atomic E-state index is 12.7. The molecular weight excluding hydrogens is 483 g/mol. The first-order valence-electron chi connectivity index (χ1n) is 10.2. The fraction of sp³-hybridized carbons (Fsp3) is 0.750. The maximum absolute atomic E-state index is 12.7. The number of aromatic nitrogens is 2. The van der Waals surface area contributed by atoms with E-state index in [0.29, 0.717) is 19.0 Å². The molecule has 1 aromatic rings. The van der Waals surface area contributed by atoms with Gasteiger partial charge in [0.05, 0.1) is 18.0 Å². The Bertz CT molecular complexity index is 714. The zero-order valence-electron chi connectivity index (χ0n) is 18.2. The summed E-state index contributed by atoms with van der Waals surface area (Å²) in [5.41, 5.74) is 0.962. The van der Waals surface area contributed by atoms with Crippen molar-refractivity contribution in [1.29, 1.82) is 0 Å².